The molecule has 0 fully saturated rings. The fraction of sp³-hybridized carbons (Fsp3) is 0.100. The Balaban J connectivity index is 1.60. The van der Waals surface area contributed by atoms with E-state index in [1.807, 2.05) is 0 Å². The summed E-state index contributed by atoms with van der Waals surface area (Å²) in [7, 11) is 2.82. The highest BCUT2D eigenvalue weighted by atomic mass is 16.7. The molecule has 0 heterocycles. The van der Waals surface area contributed by atoms with E-state index in [0.29, 0.717) is 16.8 Å². The van der Waals surface area contributed by atoms with Crippen molar-refractivity contribution in [3.63, 3.8) is 0 Å². The Morgan fingerprint density at radius 1 is 0.775 bits per heavy atom. The maximum Gasteiger partial charge on any atom is 0.519 e. The molecule has 3 aromatic rings. The number of aliphatic hydroxyl groups is 1. The minimum absolute atomic E-state index is 0.0117. The van der Waals surface area contributed by atoms with Crippen molar-refractivity contribution in [1.29, 1.82) is 0 Å². The fourth-order valence-electron chi connectivity index (χ4n) is 3.29. The molecule has 0 aliphatic carbocycles. The molecule has 0 saturated heterocycles. The third-order valence-corrected chi connectivity index (χ3v) is 5.14. The smallest absolute Gasteiger partial charge is 0.508 e. The van der Waals surface area contributed by atoms with Crippen LogP contribution in [-0.2, 0) is 9.59 Å². The summed E-state index contributed by atoms with van der Waals surface area (Å²) < 4.78 is 20.7. The molecule has 3 N–H and O–H groups in total. The van der Waals surface area contributed by atoms with Gasteiger partial charge < -0.3 is 34.5 Å². The van der Waals surface area contributed by atoms with Gasteiger partial charge in [0.15, 0.2) is 28.8 Å². The quantitative estimate of drug-likeness (QED) is 0.0964. The van der Waals surface area contributed by atoms with Crippen LogP contribution in [0.25, 0.3) is 12.2 Å². The van der Waals surface area contributed by atoms with E-state index in [1.165, 1.54) is 63.6 Å². The average molecular weight is 546 g/mol. The molecule has 10 nitrogen and oxygen atoms in total. The van der Waals surface area contributed by atoms with E-state index in [1.54, 1.807) is 42.5 Å². The molecule has 0 radical (unpaired) electrons. The van der Waals surface area contributed by atoms with Gasteiger partial charge in [0.1, 0.15) is 11.5 Å². The first kappa shape index (κ1) is 29.1. The number of carbonyl (C=O) groups is 3. The summed E-state index contributed by atoms with van der Waals surface area (Å²) in [6.45, 7) is 1.38. The third kappa shape index (κ3) is 8.80. The van der Waals surface area contributed by atoms with Crippen LogP contribution in [0.3, 0.4) is 0 Å². The number of nitrogens with one attached hydrogen (secondary N) is 1. The molecule has 3 aromatic carbocycles. The van der Waals surface area contributed by atoms with Gasteiger partial charge in [0.2, 0.25) is 5.91 Å². The van der Waals surface area contributed by atoms with E-state index in [9.17, 15) is 24.6 Å². The van der Waals surface area contributed by atoms with E-state index in [2.05, 4.69) is 5.32 Å². The van der Waals surface area contributed by atoms with Crippen molar-refractivity contribution in [2.75, 3.05) is 19.5 Å². The average Bonchev–Trinajstić information content (AvgIpc) is 2.92. The predicted octanol–water partition coefficient (Wildman–Crippen LogP) is 5.68. The molecule has 0 unspecified atom stereocenters. The number of aliphatic hydroxyl groups excluding tert-OH is 1. The second-order valence-electron chi connectivity index (χ2n) is 8.14. The van der Waals surface area contributed by atoms with Crippen LogP contribution in [0.2, 0.25) is 0 Å². The number of benzene rings is 3. The number of carbonyl (C=O) groups excluding carboxylic acids is 3. The number of phenolic OH excluding ortho intramolecular Hbond substituents is 1. The zero-order chi connectivity index (χ0) is 29.1. The molecule has 206 valence electrons. The minimum Gasteiger partial charge on any atom is -0.508 e. The monoisotopic (exact) mass is 545 g/mol. The summed E-state index contributed by atoms with van der Waals surface area (Å²) in [5.74, 6) is -0.171. The Bertz CT molecular complexity index is 1470. The summed E-state index contributed by atoms with van der Waals surface area (Å²) in [6.07, 6.45) is 5.69. The highest BCUT2D eigenvalue weighted by Crippen LogP contribution is 2.29. The number of ether oxygens (including phenoxy) is 4. The summed E-state index contributed by atoms with van der Waals surface area (Å²) in [4.78, 5) is 35.6. The highest BCUT2D eigenvalue weighted by Gasteiger charge is 2.13. The summed E-state index contributed by atoms with van der Waals surface area (Å²) in [5.41, 5.74) is 1.77. The summed E-state index contributed by atoms with van der Waals surface area (Å²) >= 11 is 0. The molecule has 0 aromatic heterocycles. The van der Waals surface area contributed by atoms with Gasteiger partial charge in [0, 0.05) is 18.7 Å². The SMILES string of the molecule is COc1cc(/C=C/C(O)=C/C(=O)/C=C/c2ccc(OC(=O)Oc3ccc(NC(C)=O)cc3)c(OC)c2)ccc1O. The van der Waals surface area contributed by atoms with Crippen LogP contribution in [0.1, 0.15) is 18.1 Å². The van der Waals surface area contributed by atoms with E-state index < -0.39 is 11.9 Å². The van der Waals surface area contributed by atoms with Crippen molar-refractivity contribution in [3.05, 3.63) is 95.8 Å². The topological polar surface area (TPSA) is 141 Å². The first-order chi connectivity index (χ1) is 19.2. The number of hydrogen-bond donors (Lipinski definition) is 3. The van der Waals surface area contributed by atoms with Gasteiger partial charge in [-0.1, -0.05) is 24.3 Å². The molecule has 0 spiro atoms. The lowest BCUT2D eigenvalue weighted by Crippen LogP contribution is -2.14. The first-order valence-corrected chi connectivity index (χ1v) is 11.8. The standard InChI is InChI=1S/C30H27NO9/c1-19(32)31-22-8-12-25(13-9-22)39-30(36)40-27-15-7-21(17-29(27)38-3)5-11-24(34)18-23(33)10-4-20-6-14-26(35)28(16-20)37-2/h4-18,33,35H,1-3H3,(H,31,32)/b10-4+,11-5+,23-18-. The number of aromatic hydroxyl groups is 1. The van der Waals surface area contributed by atoms with Crippen molar-refractivity contribution in [1.82, 2.24) is 0 Å². The molecule has 10 heteroatoms. The van der Waals surface area contributed by atoms with Gasteiger partial charge in [-0.2, -0.15) is 0 Å². The molecule has 0 atom stereocenters. The van der Waals surface area contributed by atoms with E-state index in [-0.39, 0.29) is 40.4 Å². The Labute approximate surface area is 230 Å². The van der Waals surface area contributed by atoms with Gasteiger partial charge in [-0.15, -0.1) is 0 Å². The molecular weight excluding hydrogens is 518 g/mol. The molecule has 3 rings (SSSR count). The minimum atomic E-state index is -0.997. The number of anilines is 1. The Morgan fingerprint density at radius 3 is 2.05 bits per heavy atom. The second kappa shape index (κ2) is 13.9. The van der Waals surface area contributed by atoms with Crippen molar-refractivity contribution in [2.45, 2.75) is 6.92 Å². The molecular formula is C30H27NO9. The lowest BCUT2D eigenvalue weighted by Gasteiger charge is -2.10. The fourth-order valence-corrected chi connectivity index (χ4v) is 3.29. The number of phenols is 1. The van der Waals surface area contributed by atoms with E-state index in [0.717, 1.165) is 6.08 Å². The zero-order valence-electron chi connectivity index (χ0n) is 21.9. The lowest BCUT2D eigenvalue weighted by atomic mass is 10.1. The van der Waals surface area contributed by atoms with Crippen LogP contribution < -0.4 is 24.3 Å². The molecule has 0 bridgehead atoms. The van der Waals surface area contributed by atoms with Gasteiger partial charge in [0.05, 0.1) is 14.2 Å². The van der Waals surface area contributed by atoms with Crippen molar-refractivity contribution in [3.8, 4) is 28.7 Å². The number of rotatable bonds is 10. The number of amides is 1. The van der Waals surface area contributed by atoms with Crippen LogP contribution in [0.4, 0.5) is 10.5 Å². The zero-order valence-corrected chi connectivity index (χ0v) is 21.9. The first-order valence-electron chi connectivity index (χ1n) is 11.8. The van der Waals surface area contributed by atoms with Crippen LogP contribution in [0.5, 0.6) is 28.7 Å². The Morgan fingerprint density at radius 2 is 1.40 bits per heavy atom. The van der Waals surface area contributed by atoms with Crippen LogP contribution >= 0.6 is 0 Å². The maximum absolute atomic E-state index is 12.2. The number of methoxy groups -OCH3 is 2. The molecule has 1 amide bonds. The number of allylic oxidation sites excluding steroid dienone is 3. The summed E-state index contributed by atoms with van der Waals surface area (Å²) in [5, 5.41) is 22.3. The number of hydrogen-bond acceptors (Lipinski definition) is 9. The molecule has 40 heavy (non-hydrogen) atoms. The van der Waals surface area contributed by atoms with Crippen LogP contribution in [0, 0.1) is 0 Å². The maximum atomic E-state index is 12.2. The van der Waals surface area contributed by atoms with Crippen molar-refractivity contribution >= 4 is 35.7 Å². The Kier molecular flexibility index (Phi) is 10.1. The lowest BCUT2D eigenvalue weighted by molar-refractivity contribution is -0.114. The van der Waals surface area contributed by atoms with Crippen molar-refractivity contribution < 1.29 is 43.5 Å². The van der Waals surface area contributed by atoms with E-state index in [4.69, 9.17) is 18.9 Å². The van der Waals surface area contributed by atoms with Gasteiger partial charge in [-0.05, 0) is 71.8 Å². The third-order valence-electron chi connectivity index (χ3n) is 5.14. The summed E-state index contributed by atoms with van der Waals surface area (Å²) in [6, 6.07) is 15.4. The van der Waals surface area contributed by atoms with Crippen LogP contribution in [-0.4, -0.2) is 42.3 Å². The molecule has 0 saturated carbocycles. The van der Waals surface area contributed by atoms with Gasteiger partial charge in [-0.3, -0.25) is 9.59 Å². The highest BCUT2D eigenvalue weighted by molar-refractivity contribution is 6.02. The predicted molar refractivity (Wildman–Crippen MR) is 149 cm³/mol. The van der Waals surface area contributed by atoms with Crippen molar-refractivity contribution in [2.24, 2.45) is 0 Å². The Hall–Kier alpha value is -5.51. The largest absolute Gasteiger partial charge is 0.519 e. The number of ketones is 1. The van der Waals surface area contributed by atoms with Gasteiger partial charge >= 0.3 is 6.16 Å². The molecule has 0 aliphatic heterocycles. The van der Waals surface area contributed by atoms with Gasteiger partial charge in [-0.25, -0.2) is 4.79 Å². The second-order valence-corrected chi connectivity index (χ2v) is 8.14. The van der Waals surface area contributed by atoms with Gasteiger partial charge in [0.25, 0.3) is 0 Å². The van der Waals surface area contributed by atoms with E-state index >= 15 is 0 Å². The normalized spacial score (nSPS) is 11.3. The molecule has 0 aliphatic rings. The van der Waals surface area contributed by atoms with Crippen LogP contribution in [0.15, 0.2) is 84.7 Å².